The SMILES string of the molecule is O=C(O)CCCCCSc1cccc(C(F)(F)F)c1. The van der Waals surface area contributed by atoms with Crippen LogP contribution < -0.4 is 0 Å². The second-order valence-electron chi connectivity index (χ2n) is 4.08. The number of carbonyl (C=O) groups is 1. The number of aliphatic carboxylic acids is 1. The van der Waals surface area contributed by atoms with Crippen molar-refractivity contribution in [2.45, 2.75) is 36.8 Å². The van der Waals surface area contributed by atoms with Crippen LogP contribution in [0.3, 0.4) is 0 Å². The minimum Gasteiger partial charge on any atom is -0.481 e. The maximum absolute atomic E-state index is 12.5. The second-order valence-corrected chi connectivity index (χ2v) is 5.25. The Kier molecular flexibility index (Phi) is 6.21. The van der Waals surface area contributed by atoms with E-state index in [-0.39, 0.29) is 6.42 Å². The first-order chi connectivity index (χ1) is 8.89. The molecule has 0 saturated carbocycles. The molecule has 2 nitrogen and oxygen atoms in total. The Bertz CT molecular complexity index is 419. The molecular formula is C13H15F3O2S. The summed E-state index contributed by atoms with van der Waals surface area (Å²) in [5, 5.41) is 8.44. The van der Waals surface area contributed by atoms with Gasteiger partial charge in [-0.05, 0) is 36.8 Å². The molecule has 106 valence electrons. The third kappa shape index (κ3) is 6.52. The summed E-state index contributed by atoms with van der Waals surface area (Å²) in [6.07, 6.45) is -1.97. The number of carboxylic acids is 1. The highest BCUT2D eigenvalue weighted by Gasteiger charge is 2.30. The van der Waals surface area contributed by atoms with E-state index in [9.17, 15) is 18.0 Å². The van der Waals surface area contributed by atoms with Crippen molar-refractivity contribution in [3.05, 3.63) is 29.8 Å². The molecule has 0 spiro atoms. The van der Waals surface area contributed by atoms with Crippen LogP contribution in [-0.2, 0) is 11.0 Å². The van der Waals surface area contributed by atoms with Crippen LogP contribution in [0.1, 0.15) is 31.2 Å². The van der Waals surface area contributed by atoms with Crippen LogP contribution in [0.2, 0.25) is 0 Å². The van der Waals surface area contributed by atoms with E-state index in [1.807, 2.05) is 0 Å². The van der Waals surface area contributed by atoms with Gasteiger partial charge in [-0.25, -0.2) is 0 Å². The number of hydrogen-bond donors (Lipinski definition) is 1. The number of thioether (sulfide) groups is 1. The molecule has 1 aromatic rings. The molecule has 0 fully saturated rings. The zero-order valence-electron chi connectivity index (χ0n) is 10.2. The average Bonchev–Trinajstić information content (AvgIpc) is 2.32. The molecule has 0 unspecified atom stereocenters. The maximum atomic E-state index is 12.5. The van der Waals surface area contributed by atoms with Gasteiger partial charge in [0.2, 0.25) is 0 Å². The van der Waals surface area contributed by atoms with Gasteiger partial charge in [0.15, 0.2) is 0 Å². The molecule has 0 heterocycles. The number of hydrogen-bond acceptors (Lipinski definition) is 2. The van der Waals surface area contributed by atoms with Crippen LogP contribution in [0.5, 0.6) is 0 Å². The lowest BCUT2D eigenvalue weighted by Gasteiger charge is -2.08. The molecule has 6 heteroatoms. The van der Waals surface area contributed by atoms with Gasteiger partial charge in [0.05, 0.1) is 5.56 Å². The highest BCUT2D eigenvalue weighted by atomic mass is 32.2. The lowest BCUT2D eigenvalue weighted by Crippen LogP contribution is -2.04. The Morgan fingerprint density at radius 2 is 1.95 bits per heavy atom. The fourth-order valence-corrected chi connectivity index (χ4v) is 2.48. The number of halogens is 3. The third-order valence-electron chi connectivity index (χ3n) is 2.47. The van der Waals surface area contributed by atoms with Gasteiger partial charge in [-0.15, -0.1) is 11.8 Å². The molecule has 19 heavy (non-hydrogen) atoms. The molecule has 0 saturated heterocycles. The Balaban J connectivity index is 2.32. The molecule has 0 atom stereocenters. The monoisotopic (exact) mass is 292 g/mol. The van der Waals surface area contributed by atoms with Crippen LogP contribution >= 0.6 is 11.8 Å². The number of alkyl halides is 3. The predicted octanol–water partition coefficient (Wildman–Crippen LogP) is 4.44. The van der Waals surface area contributed by atoms with Crippen LogP contribution in [0.25, 0.3) is 0 Å². The molecule has 0 bridgehead atoms. The summed E-state index contributed by atoms with van der Waals surface area (Å²) in [7, 11) is 0. The summed E-state index contributed by atoms with van der Waals surface area (Å²) < 4.78 is 37.4. The zero-order valence-corrected chi connectivity index (χ0v) is 11.1. The number of unbranched alkanes of at least 4 members (excludes halogenated alkanes) is 2. The predicted molar refractivity (Wildman–Crippen MR) is 68.3 cm³/mol. The third-order valence-corrected chi connectivity index (χ3v) is 3.55. The van der Waals surface area contributed by atoms with E-state index in [4.69, 9.17) is 5.11 Å². The van der Waals surface area contributed by atoms with Crippen LogP contribution in [0.4, 0.5) is 13.2 Å². The van der Waals surface area contributed by atoms with Crippen molar-refractivity contribution in [2.24, 2.45) is 0 Å². The Labute approximate surface area is 114 Å². The van der Waals surface area contributed by atoms with Crippen LogP contribution in [0, 0.1) is 0 Å². The van der Waals surface area contributed by atoms with Gasteiger partial charge in [-0.2, -0.15) is 13.2 Å². The van der Waals surface area contributed by atoms with Crippen molar-refractivity contribution >= 4 is 17.7 Å². The summed E-state index contributed by atoms with van der Waals surface area (Å²) >= 11 is 1.36. The van der Waals surface area contributed by atoms with Crippen molar-refractivity contribution in [3.8, 4) is 0 Å². The van der Waals surface area contributed by atoms with Crippen molar-refractivity contribution in [2.75, 3.05) is 5.75 Å². The Morgan fingerprint density at radius 1 is 1.21 bits per heavy atom. The van der Waals surface area contributed by atoms with Crippen molar-refractivity contribution < 1.29 is 23.1 Å². The topological polar surface area (TPSA) is 37.3 Å². The Hall–Kier alpha value is -1.17. The van der Waals surface area contributed by atoms with E-state index in [1.54, 1.807) is 6.07 Å². The fourth-order valence-electron chi connectivity index (χ4n) is 1.51. The molecule has 1 N–H and O–H groups in total. The van der Waals surface area contributed by atoms with Crippen molar-refractivity contribution in [1.82, 2.24) is 0 Å². The highest BCUT2D eigenvalue weighted by Crippen LogP contribution is 2.32. The minimum absolute atomic E-state index is 0.147. The van der Waals surface area contributed by atoms with E-state index < -0.39 is 17.7 Å². The van der Waals surface area contributed by atoms with Crippen molar-refractivity contribution in [1.29, 1.82) is 0 Å². The number of carboxylic acid groups (broad SMARTS) is 1. The molecule has 0 aromatic heterocycles. The quantitative estimate of drug-likeness (QED) is 0.596. The van der Waals surface area contributed by atoms with Gasteiger partial charge in [-0.1, -0.05) is 12.5 Å². The van der Waals surface area contributed by atoms with E-state index in [0.717, 1.165) is 25.0 Å². The Morgan fingerprint density at radius 3 is 2.58 bits per heavy atom. The smallest absolute Gasteiger partial charge is 0.416 e. The standard InChI is InChI=1S/C13H15F3O2S/c14-13(15,16)10-5-4-6-11(9-10)19-8-3-1-2-7-12(17)18/h4-6,9H,1-3,7-8H2,(H,17,18). The molecule has 1 rings (SSSR count). The van der Waals surface area contributed by atoms with Crippen molar-refractivity contribution in [3.63, 3.8) is 0 Å². The first-order valence-corrected chi connectivity index (χ1v) is 6.90. The van der Waals surface area contributed by atoms with E-state index in [2.05, 4.69) is 0 Å². The first-order valence-electron chi connectivity index (χ1n) is 5.91. The van der Waals surface area contributed by atoms with Crippen LogP contribution in [-0.4, -0.2) is 16.8 Å². The summed E-state index contributed by atoms with van der Waals surface area (Å²) in [6, 6.07) is 5.24. The van der Waals surface area contributed by atoms with E-state index in [1.165, 1.54) is 17.8 Å². The largest absolute Gasteiger partial charge is 0.481 e. The number of rotatable bonds is 7. The average molecular weight is 292 g/mol. The summed E-state index contributed by atoms with van der Waals surface area (Å²) in [4.78, 5) is 10.9. The van der Waals surface area contributed by atoms with Gasteiger partial charge in [0.1, 0.15) is 0 Å². The molecule has 0 amide bonds. The zero-order chi connectivity index (χ0) is 14.3. The van der Waals surface area contributed by atoms with Gasteiger partial charge in [-0.3, -0.25) is 4.79 Å². The first kappa shape index (κ1) is 15.9. The summed E-state index contributed by atoms with van der Waals surface area (Å²) in [6.45, 7) is 0. The maximum Gasteiger partial charge on any atom is 0.416 e. The van der Waals surface area contributed by atoms with E-state index in [0.29, 0.717) is 17.1 Å². The normalized spacial score (nSPS) is 11.5. The molecule has 1 aromatic carbocycles. The highest BCUT2D eigenvalue weighted by molar-refractivity contribution is 7.99. The number of benzene rings is 1. The fraction of sp³-hybridized carbons (Fsp3) is 0.462. The van der Waals surface area contributed by atoms with Gasteiger partial charge in [0, 0.05) is 11.3 Å². The molecular weight excluding hydrogens is 277 g/mol. The lowest BCUT2D eigenvalue weighted by atomic mass is 10.2. The summed E-state index contributed by atoms with van der Waals surface area (Å²) in [5.74, 6) is -0.119. The second kappa shape index (κ2) is 7.43. The minimum atomic E-state index is -4.31. The van der Waals surface area contributed by atoms with Gasteiger partial charge in [0.25, 0.3) is 0 Å². The summed E-state index contributed by atoms with van der Waals surface area (Å²) in [5.41, 5.74) is -0.636. The lowest BCUT2D eigenvalue weighted by molar-refractivity contribution is -0.138. The molecule has 0 aliphatic rings. The van der Waals surface area contributed by atoms with E-state index >= 15 is 0 Å². The van der Waals surface area contributed by atoms with Gasteiger partial charge >= 0.3 is 12.1 Å². The molecule has 0 aliphatic heterocycles. The van der Waals surface area contributed by atoms with Crippen LogP contribution in [0.15, 0.2) is 29.2 Å². The molecule has 0 aliphatic carbocycles. The molecule has 0 radical (unpaired) electrons. The van der Waals surface area contributed by atoms with Gasteiger partial charge < -0.3 is 5.11 Å².